The lowest BCUT2D eigenvalue weighted by Crippen LogP contribution is -2.41. The van der Waals surface area contributed by atoms with Crippen molar-refractivity contribution in [1.29, 1.82) is 0 Å². The molecule has 1 saturated carbocycles. The van der Waals surface area contributed by atoms with Crippen LogP contribution in [0.25, 0.3) is 11.1 Å². The number of amides is 1. The molecule has 0 saturated heterocycles. The molecule has 1 fully saturated rings. The minimum absolute atomic E-state index is 0.0199. The minimum Gasteiger partial charge on any atom is -0.480 e. The molecule has 0 bridgehead atoms. The van der Waals surface area contributed by atoms with Gasteiger partial charge in [0.25, 0.3) is 0 Å². The molecule has 3 rings (SSSR count). The van der Waals surface area contributed by atoms with E-state index in [0.29, 0.717) is 18.0 Å². The molecule has 1 amide bonds. The van der Waals surface area contributed by atoms with E-state index >= 15 is 0 Å². The van der Waals surface area contributed by atoms with E-state index in [9.17, 15) is 23.1 Å². The number of benzene rings is 2. The largest absolute Gasteiger partial charge is 0.480 e. The van der Waals surface area contributed by atoms with Crippen molar-refractivity contribution in [2.75, 3.05) is 6.54 Å². The van der Waals surface area contributed by atoms with Crippen molar-refractivity contribution >= 4 is 33.5 Å². The predicted octanol–water partition coefficient (Wildman–Crippen LogP) is 3.04. The lowest BCUT2D eigenvalue weighted by Gasteiger charge is -2.15. The van der Waals surface area contributed by atoms with E-state index < -0.39 is 22.0 Å². The monoisotopic (exact) mass is 450 g/mol. The highest BCUT2D eigenvalue weighted by Crippen LogP contribution is 2.28. The first-order valence-corrected chi connectivity index (χ1v) is 11.5. The molecule has 1 aliphatic carbocycles. The summed E-state index contributed by atoms with van der Waals surface area (Å²) in [6.45, 7) is 0.316. The molecular weight excluding hydrogens is 428 g/mol. The third-order valence-corrected chi connectivity index (χ3v) is 6.59. The smallest absolute Gasteiger partial charge is 0.321 e. The van der Waals surface area contributed by atoms with Crippen LogP contribution in [0.1, 0.15) is 25.7 Å². The van der Waals surface area contributed by atoms with Crippen molar-refractivity contribution in [2.24, 2.45) is 5.92 Å². The summed E-state index contributed by atoms with van der Waals surface area (Å²) in [5.74, 6) is -1.21. The number of carboxylic acids is 1. The third-order valence-electron chi connectivity index (χ3n) is 4.85. The van der Waals surface area contributed by atoms with E-state index in [1.165, 1.54) is 12.1 Å². The SMILES string of the molecule is O=C(NCCCC(NS(=O)(=O)c1ccc(-c2ccc(Cl)cc2)cc1)C(=O)O)C1CC1. The van der Waals surface area contributed by atoms with Crippen molar-refractivity contribution in [3.8, 4) is 11.1 Å². The highest BCUT2D eigenvalue weighted by Gasteiger charge is 2.29. The third kappa shape index (κ3) is 6.04. The molecule has 0 radical (unpaired) electrons. The van der Waals surface area contributed by atoms with Gasteiger partial charge in [-0.15, -0.1) is 0 Å². The summed E-state index contributed by atoms with van der Waals surface area (Å²) in [4.78, 5) is 23.1. The van der Waals surface area contributed by atoms with E-state index in [-0.39, 0.29) is 23.1 Å². The predicted molar refractivity (Wildman–Crippen MR) is 114 cm³/mol. The summed E-state index contributed by atoms with van der Waals surface area (Å²) in [5.41, 5.74) is 1.69. The second-order valence-electron chi connectivity index (χ2n) is 7.25. The zero-order chi connectivity index (χ0) is 21.7. The van der Waals surface area contributed by atoms with Gasteiger partial charge in [0.2, 0.25) is 15.9 Å². The number of halogens is 1. The fourth-order valence-electron chi connectivity index (χ4n) is 2.96. The van der Waals surface area contributed by atoms with Gasteiger partial charge in [-0.05, 0) is 61.1 Å². The van der Waals surface area contributed by atoms with Gasteiger partial charge < -0.3 is 10.4 Å². The van der Waals surface area contributed by atoms with Crippen LogP contribution in [0.4, 0.5) is 0 Å². The highest BCUT2D eigenvalue weighted by molar-refractivity contribution is 7.89. The topological polar surface area (TPSA) is 113 Å². The molecule has 1 atom stereocenters. The molecule has 7 nitrogen and oxygen atoms in total. The first kappa shape index (κ1) is 22.3. The average Bonchev–Trinajstić information content (AvgIpc) is 3.56. The molecule has 160 valence electrons. The molecule has 1 aliphatic rings. The summed E-state index contributed by atoms with van der Waals surface area (Å²) in [6.07, 6.45) is 2.20. The summed E-state index contributed by atoms with van der Waals surface area (Å²) < 4.78 is 27.5. The first-order chi connectivity index (χ1) is 14.3. The summed E-state index contributed by atoms with van der Waals surface area (Å²) in [5, 5.41) is 12.7. The summed E-state index contributed by atoms with van der Waals surface area (Å²) in [7, 11) is -4.01. The minimum atomic E-state index is -4.01. The molecule has 0 aliphatic heterocycles. The Bertz CT molecular complexity index is 1000. The van der Waals surface area contributed by atoms with Crippen molar-refractivity contribution < 1.29 is 23.1 Å². The maximum absolute atomic E-state index is 12.6. The van der Waals surface area contributed by atoms with Gasteiger partial charge in [0, 0.05) is 17.5 Å². The van der Waals surface area contributed by atoms with Crippen molar-refractivity contribution in [1.82, 2.24) is 10.0 Å². The van der Waals surface area contributed by atoms with E-state index in [1.54, 1.807) is 24.3 Å². The van der Waals surface area contributed by atoms with E-state index in [1.807, 2.05) is 12.1 Å². The molecule has 3 N–H and O–H groups in total. The van der Waals surface area contributed by atoms with E-state index in [0.717, 1.165) is 24.0 Å². The molecule has 0 heterocycles. The zero-order valence-corrected chi connectivity index (χ0v) is 17.7. The van der Waals surface area contributed by atoms with Crippen LogP contribution in [0.2, 0.25) is 5.02 Å². The van der Waals surface area contributed by atoms with Crippen LogP contribution in [-0.2, 0) is 19.6 Å². The molecule has 9 heteroatoms. The number of rotatable bonds is 10. The fourth-order valence-corrected chi connectivity index (χ4v) is 4.31. The number of hydrogen-bond acceptors (Lipinski definition) is 4. The standard InChI is InChI=1S/C21H23ClN2O5S/c22-17-9-5-14(6-10-17)15-7-11-18(12-8-15)30(28,29)24-19(21(26)27)2-1-13-23-20(25)16-3-4-16/h5-12,16,19,24H,1-4,13H2,(H,23,25)(H,26,27). The molecule has 2 aromatic carbocycles. The Morgan fingerprint density at radius 1 is 1.03 bits per heavy atom. The van der Waals surface area contributed by atoms with Gasteiger partial charge in [-0.3, -0.25) is 9.59 Å². The Balaban J connectivity index is 1.60. The fraction of sp³-hybridized carbons (Fsp3) is 0.333. The Morgan fingerprint density at radius 3 is 2.13 bits per heavy atom. The highest BCUT2D eigenvalue weighted by atomic mass is 35.5. The average molecular weight is 451 g/mol. The number of aliphatic carboxylic acids is 1. The van der Waals surface area contributed by atoms with E-state index in [4.69, 9.17) is 11.6 Å². The Kier molecular flexibility index (Phi) is 7.12. The lowest BCUT2D eigenvalue weighted by atomic mass is 10.1. The second-order valence-corrected chi connectivity index (χ2v) is 9.40. The Morgan fingerprint density at radius 2 is 1.60 bits per heavy atom. The Labute approximate surface area is 180 Å². The van der Waals surface area contributed by atoms with Gasteiger partial charge in [0.1, 0.15) is 6.04 Å². The van der Waals surface area contributed by atoms with Crippen LogP contribution < -0.4 is 10.0 Å². The van der Waals surface area contributed by atoms with Crippen LogP contribution in [0.15, 0.2) is 53.4 Å². The second kappa shape index (κ2) is 9.59. The van der Waals surface area contributed by atoms with Crippen molar-refractivity contribution in [3.63, 3.8) is 0 Å². The number of sulfonamides is 1. The van der Waals surface area contributed by atoms with Gasteiger partial charge in [-0.1, -0.05) is 35.9 Å². The van der Waals surface area contributed by atoms with Gasteiger partial charge in [0.05, 0.1) is 4.90 Å². The molecule has 0 aromatic heterocycles. The van der Waals surface area contributed by atoms with Gasteiger partial charge >= 0.3 is 5.97 Å². The van der Waals surface area contributed by atoms with Crippen molar-refractivity contribution in [2.45, 2.75) is 36.6 Å². The normalized spacial score (nSPS) is 14.8. The Hall–Kier alpha value is -2.42. The number of nitrogens with one attached hydrogen (secondary N) is 2. The quantitative estimate of drug-likeness (QED) is 0.481. The van der Waals surface area contributed by atoms with Crippen LogP contribution in [0.3, 0.4) is 0 Å². The zero-order valence-electron chi connectivity index (χ0n) is 16.2. The number of carbonyl (C=O) groups excluding carboxylic acids is 1. The maximum Gasteiger partial charge on any atom is 0.321 e. The molecule has 1 unspecified atom stereocenters. The first-order valence-electron chi connectivity index (χ1n) is 9.65. The molecule has 30 heavy (non-hydrogen) atoms. The lowest BCUT2D eigenvalue weighted by molar-refractivity contribution is -0.139. The molecule has 0 spiro atoms. The van der Waals surface area contributed by atoms with Crippen LogP contribution in [-0.4, -0.2) is 38.0 Å². The number of carbonyl (C=O) groups is 2. The molecular formula is C21H23ClN2O5S. The van der Waals surface area contributed by atoms with Crippen LogP contribution in [0.5, 0.6) is 0 Å². The molecule has 2 aromatic rings. The van der Waals surface area contributed by atoms with Gasteiger partial charge in [-0.2, -0.15) is 4.72 Å². The van der Waals surface area contributed by atoms with Gasteiger partial charge in [0.15, 0.2) is 0 Å². The summed E-state index contributed by atoms with van der Waals surface area (Å²) in [6, 6.07) is 12.0. The van der Waals surface area contributed by atoms with E-state index in [2.05, 4.69) is 10.0 Å². The summed E-state index contributed by atoms with van der Waals surface area (Å²) >= 11 is 5.88. The number of hydrogen-bond donors (Lipinski definition) is 3. The number of carboxylic acid groups (broad SMARTS) is 1. The van der Waals surface area contributed by atoms with Crippen LogP contribution >= 0.6 is 11.6 Å². The van der Waals surface area contributed by atoms with Crippen LogP contribution in [0, 0.1) is 5.92 Å². The van der Waals surface area contributed by atoms with Gasteiger partial charge in [-0.25, -0.2) is 8.42 Å². The van der Waals surface area contributed by atoms with Crippen molar-refractivity contribution in [3.05, 3.63) is 53.6 Å². The maximum atomic E-state index is 12.6.